The Morgan fingerprint density at radius 2 is 1.61 bits per heavy atom. The fraction of sp³-hybridized carbons (Fsp3) is 0.300. The number of nitro benzene ring substituents is 1. The van der Waals surface area contributed by atoms with E-state index in [1.807, 2.05) is 18.7 Å². The van der Waals surface area contributed by atoms with E-state index in [-0.39, 0.29) is 22.7 Å². The van der Waals surface area contributed by atoms with Gasteiger partial charge < -0.3 is 19.5 Å². The van der Waals surface area contributed by atoms with Crippen LogP contribution >= 0.6 is 0 Å². The quantitative estimate of drug-likeness (QED) is 0.285. The molecule has 11 heteroatoms. The molecular weight excluding hydrogens is 408 g/mol. The Hall–Kier alpha value is -4.02. The number of anilines is 1. The van der Waals surface area contributed by atoms with Crippen LogP contribution in [-0.4, -0.2) is 49.3 Å². The minimum absolute atomic E-state index is 0.0712. The summed E-state index contributed by atoms with van der Waals surface area (Å²) >= 11 is 0. The van der Waals surface area contributed by atoms with Crippen LogP contribution in [0.5, 0.6) is 5.75 Å². The number of carbonyl (C=O) groups excluding carboxylic acids is 2. The molecule has 31 heavy (non-hydrogen) atoms. The molecule has 0 spiro atoms. The third-order valence-electron chi connectivity index (χ3n) is 4.49. The maximum absolute atomic E-state index is 12.2. The molecule has 0 saturated carbocycles. The van der Waals surface area contributed by atoms with Crippen LogP contribution in [0.2, 0.25) is 0 Å². The molecule has 164 valence electrons. The first-order valence-electron chi connectivity index (χ1n) is 9.26. The number of carbonyl (C=O) groups is 2. The van der Waals surface area contributed by atoms with Crippen molar-refractivity contribution in [1.82, 2.24) is 0 Å². The van der Waals surface area contributed by atoms with Gasteiger partial charge in [-0.25, -0.2) is 9.59 Å². The Balaban J connectivity index is 2.57. The lowest BCUT2D eigenvalue weighted by molar-refractivity contribution is -0.384. The summed E-state index contributed by atoms with van der Waals surface area (Å²) < 4.78 is 9.17. The number of aromatic hydroxyl groups is 1. The molecule has 0 fully saturated rings. The van der Waals surface area contributed by atoms with E-state index in [1.54, 1.807) is 6.07 Å². The number of methoxy groups -OCH3 is 2. The van der Waals surface area contributed by atoms with Crippen LogP contribution in [0.3, 0.4) is 0 Å². The molecule has 11 nitrogen and oxygen atoms in total. The largest absolute Gasteiger partial charge is 0.506 e. The molecule has 0 aliphatic carbocycles. The summed E-state index contributed by atoms with van der Waals surface area (Å²) in [6.07, 6.45) is 0. The van der Waals surface area contributed by atoms with E-state index in [2.05, 4.69) is 19.7 Å². The zero-order valence-electron chi connectivity index (χ0n) is 17.5. The highest BCUT2D eigenvalue weighted by atomic mass is 16.6. The van der Waals surface area contributed by atoms with Gasteiger partial charge in [-0.1, -0.05) is 0 Å². The molecule has 0 atom stereocenters. The average Bonchev–Trinajstić information content (AvgIpc) is 2.77. The van der Waals surface area contributed by atoms with Crippen molar-refractivity contribution in [2.45, 2.75) is 13.8 Å². The maximum atomic E-state index is 12.2. The van der Waals surface area contributed by atoms with Crippen molar-refractivity contribution in [2.75, 3.05) is 32.2 Å². The molecule has 0 aliphatic heterocycles. The van der Waals surface area contributed by atoms with Crippen molar-refractivity contribution in [3.05, 3.63) is 51.6 Å². The molecule has 0 saturated heterocycles. The Morgan fingerprint density at radius 1 is 1.03 bits per heavy atom. The first kappa shape index (κ1) is 23.3. The van der Waals surface area contributed by atoms with E-state index < -0.39 is 28.1 Å². The number of hydrogen-bond acceptors (Lipinski definition) is 10. The molecule has 1 N–H and O–H groups in total. The van der Waals surface area contributed by atoms with E-state index in [0.29, 0.717) is 0 Å². The summed E-state index contributed by atoms with van der Waals surface area (Å²) in [7, 11) is 2.10. The van der Waals surface area contributed by atoms with Crippen molar-refractivity contribution in [3.63, 3.8) is 0 Å². The van der Waals surface area contributed by atoms with E-state index in [1.165, 1.54) is 12.1 Å². The summed E-state index contributed by atoms with van der Waals surface area (Å²) in [4.78, 5) is 37.0. The Labute approximate surface area is 178 Å². The van der Waals surface area contributed by atoms with Gasteiger partial charge in [0.05, 0.1) is 24.7 Å². The Morgan fingerprint density at radius 3 is 2.13 bits per heavy atom. The van der Waals surface area contributed by atoms with Crippen LogP contribution in [0, 0.1) is 10.1 Å². The first-order valence-corrected chi connectivity index (χ1v) is 9.26. The van der Waals surface area contributed by atoms with Gasteiger partial charge in [0, 0.05) is 24.8 Å². The molecule has 0 bridgehead atoms. The lowest BCUT2D eigenvalue weighted by atomic mass is 10.0. The van der Waals surface area contributed by atoms with Gasteiger partial charge in [-0.15, -0.1) is 10.2 Å². The molecule has 2 aromatic rings. The van der Waals surface area contributed by atoms with E-state index in [9.17, 15) is 24.8 Å². The Kier molecular flexibility index (Phi) is 7.61. The SMILES string of the molecule is CCN(CC)c1ccc(N=Nc2ccc(C(=O)OC)c(C(=O)OC)c2[N+](=O)[O-])c(O)c1. The second-order valence-corrected chi connectivity index (χ2v) is 6.14. The third-order valence-corrected chi connectivity index (χ3v) is 4.49. The second-order valence-electron chi connectivity index (χ2n) is 6.14. The number of benzene rings is 2. The third kappa shape index (κ3) is 4.94. The molecule has 2 rings (SSSR count). The molecule has 0 heterocycles. The van der Waals surface area contributed by atoms with Gasteiger partial charge in [-0.05, 0) is 38.1 Å². The predicted molar refractivity (Wildman–Crippen MR) is 112 cm³/mol. The number of esters is 2. The highest BCUT2D eigenvalue weighted by Gasteiger charge is 2.32. The van der Waals surface area contributed by atoms with Crippen LogP contribution in [0.25, 0.3) is 0 Å². The summed E-state index contributed by atoms with van der Waals surface area (Å²) in [6.45, 7) is 5.44. The number of azo groups is 1. The summed E-state index contributed by atoms with van der Waals surface area (Å²) in [5.74, 6) is -2.22. The number of ether oxygens (including phenoxy) is 2. The van der Waals surface area contributed by atoms with Gasteiger partial charge in [0.25, 0.3) is 0 Å². The summed E-state index contributed by atoms with van der Waals surface area (Å²) in [5, 5.41) is 29.6. The van der Waals surface area contributed by atoms with Gasteiger partial charge in [-0.2, -0.15) is 0 Å². The number of nitrogens with zero attached hydrogens (tertiary/aromatic N) is 4. The van der Waals surface area contributed by atoms with Gasteiger partial charge in [0.1, 0.15) is 11.4 Å². The lowest BCUT2D eigenvalue weighted by Gasteiger charge is -2.21. The minimum atomic E-state index is -1.10. The number of nitro groups is 1. The second kappa shape index (κ2) is 10.1. The zero-order chi connectivity index (χ0) is 23.1. The zero-order valence-corrected chi connectivity index (χ0v) is 17.5. The van der Waals surface area contributed by atoms with Crippen LogP contribution < -0.4 is 4.90 Å². The van der Waals surface area contributed by atoms with Crippen molar-refractivity contribution >= 4 is 34.7 Å². The molecule has 0 aliphatic rings. The molecule has 0 aromatic heterocycles. The van der Waals surface area contributed by atoms with Crippen molar-refractivity contribution < 1.29 is 29.1 Å². The van der Waals surface area contributed by atoms with E-state index in [4.69, 9.17) is 0 Å². The lowest BCUT2D eigenvalue weighted by Crippen LogP contribution is -2.21. The fourth-order valence-electron chi connectivity index (χ4n) is 2.92. The number of hydrogen-bond donors (Lipinski definition) is 1. The van der Waals surface area contributed by atoms with Crippen molar-refractivity contribution in [1.29, 1.82) is 0 Å². The molecule has 0 radical (unpaired) electrons. The van der Waals surface area contributed by atoms with Crippen molar-refractivity contribution in [2.24, 2.45) is 10.2 Å². The smallest absolute Gasteiger partial charge is 0.345 e. The summed E-state index contributed by atoms with van der Waals surface area (Å²) in [5.41, 5.74) is -1.16. The van der Waals surface area contributed by atoms with Crippen LogP contribution in [0.1, 0.15) is 34.6 Å². The standard InChI is InChI=1S/C20H22N4O7/c1-5-23(6-2)12-7-9-14(16(25)11-12)21-22-15-10-8-13(19(26)30-3)17(20(27)31-4)18(15)24(28)29/h7-11,25H,5-6H2,1-4H3. The number of phenols is 1. The number of rotatable bonds is 8. The molecule has 0 amide bonds. The topological polar surface area (TPSA) is 144 Å². The average molecular weight is 430 g/mol. The fourth-order valence-corrected chi connectivity index (χ4v) is 2.92. The Bertz CT molecular complexity index is 1030. The molecular formula is C20H22N4O7. The van der Waals surface area contributed by atoms with Gasteiger partial charge >= 0.3 is 17.6 Å². The highest BCUT2D eigenvalue weighted by Crippen LogP contribution is 2.37. The van der Waals surface area contributed by atoms with E-state index in [0.717, 1.165) is 45.1 Å². The van der Waals surface area contributed by atoms with E-state index >= 15 is 0 Å². The molecule has 0 unspecified atom stereocenters. The molecule has 2 aromatic carbocycles. The maximum Gasteiger partial charge on any atom is 0.345 e. The number of phenolic OH excluding ortho intramolecular Hbond substituents is 1. The minimum Gasteiger partial charge on any atom is -0.506 e. The van der Waals surface area contributed by atoms with Gasteiger partial charge in [-0.3, -0.25) is 10.1 Å². The van der Waals surface area contributed by atoms with Crippen molar-refractivity contribution in [3.8, 4) is 5.75 Å². The van der Waals surface area contributed by atoms with Crippen LogP contribution in [-0.2, 0) is 9.47 Å². The first-order chi connectivity index (χ1) is 14.8. The normalized spacial score (nSPS) is 10.7. The predicted octanol–water partition coefficient (Wildman–Crippen LogP) is 4.14. The van der Waals surface area contributed by atoms with Gasteiger partial charge in [0.15, 0.2) is 11.3 Å². The van der Waals surface area contributed by atoms with Crippen LogP contribution in [0.4, 0.5) is 22.7 Å². The highest BCUT2D eigenvalue weighted by molar-refractivity contribution is 6.07. The van der Waals surface area contributed by atoms with Crippen LogP contribution in [0.15, 0.2) is 40.6 Å². The van der Waals surface area contributed by atoms with Gasteiger partial charge in [0.2, 0.25) is 0 Å². The summed E-state index contributed by atoms with van der Waals surface area (Å²) in [6, 6.07) is 7.07. The monoisotopic (exact) mass is 430 g/mol.